The molecule has 2 heterocycles. The highest BCUT2D eigenvalue weighted by Crippen LogP contribution is 2.30. The summed E-state index contributed by atoms with van der Waals surface area (Å²) < 4.78 is 39.9. The monoisotopic (exact) mass is 286 g/mol. The number of hydrogen-bond acceptors (Lipinski definition) is 6. The van der Waals surface area contributed by atoms with E-state index >= 15 is 0 Å². The Hall–Kier alpha value is -0.990. The first-order valence-corrected chi connectivity index (χ1v) is 7.38. The van der Waals surface area contributed by atoms with Crippen molar-refractivity contribution in [2.75, 3.05) is 13.2 Å². The number of rotatable bonds is 3. The summed E-state index contributed by atoms with van der Waals surface area (Å²) in [5.41, 5.74) is 0. The molecule has 0 saturated carbocycles. The summed E-state index contributed by atoms with van der Waals surface area (Å²) in [6.07, 6.45) is -2.48. The van der Waals surface area contributed by atoms with Crippen molar-refractivity contribution in [3.63, 3.8) is 0 Å². The minimum atomic E-state index is -3.84. The van der Waals surface area contributed by atoms with Crippen molar-refractivity contribution in [1.29, 1.82) is 0 Å². The molecule has 1 aromatic carbocycles. The predicted molar refractivity (Wildman–Crippen MR) is 64.0 cm³/mol. The van der Waals surface area contributed by atoms with Gasteiger partial charge in [0.05, 0.1) is 18.1 Å². The summed E-state index contributed by atoms with van der Waals surface area (Å²) in [6.45, 7) is 0.235. The zero-order valence-electron chi connectivity index (χ0n) is 10.0. The van der Waals surface area contributed by atoms with Gasteiger partial charge in [-0.2, -0.15) is 8.42 Å². The number of aliphatic hydroxyl groups excluding tert-OH is 1. The average molecular weight is 286 g/mol. The second-order valence-electron chi connectivity index (χ2n) is 4.57. The molecule has 0 radical (unpaired) electrons. The van der Waals surface area contributed by atoms with Crippen molar-refractivity contribution in [1.82, 2.24) is 0 Å². The average Bonchev–Trinajstić information content (AvgIpc) is 2.95. The lowest BCUT2D eigenvalue weighted by Gasteiger charge is -2.16. The highest BCUT2D eigenvalue weighted by molar-refractivity contribution is 7.86. The third-order valence-corrected chi connectivity index (χ3v) is 4.61. The molecule has 6 nitrogen and oxygen atoms in total. The fourth-order valence-corrected chi connectivity index (χ4v) is 3.42. The van der Waals surface area contributed by atoms with Gasteiger partial charge in [-0.05, 0) is 12.1 Å². The van der Waals surface area contributed by atoms with Crippen LogP contribution in [0.4, 0.5) is 0 Å². The molecule has 0 bridgehead atoms. The lowest BCUT2D eigenvalue weighted by Crippen LogP contribution is -2.34. The van der Waals surface area contributed by atoms with Crippen LogP contribution in [0.3, 0.4) is 0 Å². The minimum Gasteiger partial charge on any atom is -0.388 e. The lowest BCUT2D eigenvalue weighted by molar-refractivity contribution is 0.00979. The molecule has 19 heavy (non-hydrogen) atoms. The van der Waals surface area contributed by atoms with Crippen molar-refractivity contribution in [2.24, 2.45) is 0 Å². The van der Waals surface area contributed by atoms with Gasteiger partial charge in [0.25, 0.3) is 10.1 Å². The first kappa shape index (κ1) is 13.0. The van der Waals surface area contributed by atoms with Crippen LogP contribution in [0.2, 0.25) is 0 Å². The molecular weight excluding hydrogens is 272 g/mol. The summed E-state index contributed by atoms with van der Waals surface area (Å²) in [6, 6.07) is 7.91. The topological polar surface area (TPSA) is 82.1 Å². The molecule has 0 spiro atoms. The second-order valence-corrected chi connectivity index (χ2v) is 6.14. The van der Waals surface area contributed by atoms with Crippen LogP contribution in [0.5, 0.6) is 0 Å². The Kier molecular flexibility index (Phi) is 3.32. The summed E-state index contributed by atoms with van der Waals surface area (Å²) in [4.78, 5) is 0.0944. The summed E-state index contributed by atoms with van der Waals surface area (Å²) >= 11 is 0. The smallest absolute Gasteiger partial charge is 0.297 e. The predicted octanol–water partition coefficient (Wildman–Crippen LogP) is -0.0810. The number of fused-ring (bicyclic) bond motifs is 1. The summed E-state index contributed by atoms with van der Waals surface area (Å²) in [5.74, 6) is 0. The summed E-state index contributed by atoms with van der Waals surface area (Å²) in [5, 5.41) is 9.58. The molecule has 3 rings (SSSR count). The van der Waals surface area contributed by atoms with Gasteiger partial charge in [-0.1, -0.05) is 18.2 Å². The van der Waals surface area contributed by atoms with Crippen LogP contribution in [-0.2, 0) is 23.8 Å². The minimum absolute atomic E-state index is 0.0944. The van der Waals surface area contributed by atoms with E-state index in [4.69, 9.17) is 13.7 Å². The molecule has 1 aromatic rings. The van der Waals surface area contributed by atoms with E-state index in [0.717, 1.165) is 0 Å². The van der Waals surface area contributed by atoms with E-state index in [2.05, 4.69) is 0 Å². The fraction of sp³-hybridized carbons (Fsp3) is 0.500. The summed E-state index contributed by atoms with van der Waals surface area (Å²) in [7, 11) is -3.84. The number of hydrogen-bond donors (Lipinski definition) is 1. The van der Waals surface area contributed by atoms with Gasteiger partial charge in [-0.3, -0.25) is 4.18 Å². The maximum Gasteiger partial charge on any atom is 0.297 e. The van der Waals surface area contributed by atoms with E-state index in [1.807, 2.05) is 0 Å². The molecule has 0 aliphatic carbocycles. The van der Waals surface area contributed by atoms with Crippen LogP contribution < -0.4 is 0 Å². The second kappa shape index (κ2) is 4.84. The standard InChI is InChI=1S/C12H14O6S/c13-9-6-16-12-10(7-17-11(9)12)18-19(14,15)8-4-2-1-3-5-8/h1-5,9-13H,6-7H2/t9-,10+,11-,12+/m1/s1. The molecule has 2 fully saturated rings. The molecule has 104 valence electrons. The first-order chi connectivity index (χ1) is 9.08. The van der Waals surface area contributed by atoms with Crippen LogP contribution in [0.1, 0.15) is 0 Å². The van der Waals surface area contributed by atoms with Gasteiger partial charge in [-0.25, -0.2) is 0 Å². The Morgan fingerprint density at radius 1 is 1.11 bits per heavy atom. The maximum atomic E-state index is 12.1. The third kappa shape index (κ3) is 2.39. The molecule has 1 N–H and O–H groups in total. The zero-order chi connectivity index (χ0) is 13.5. The number of aliphatic hydroxyl groups is 1. The van der Waals surface area contributed by atoms with Crippen molar-refractivity contribution < 1.29 is 27.2 Å². The highest BCUT2D eigenvalue weighted by atomic mass is 32.2. The number of benzene rings is 1. The van der Waals surface area contributed by atoms with Gasteiger partial charge in [0.2, 0.25) is 0 Å². The van der Waals surface area contributed by atoms with Gasteiger partial charge in [0.15, 0.2) is 0 Å². The van der Waals surface area contributed by atoms with Crippen LogP contribution in [-0.4, -0.2) is 51.2 Å². The quantitative estimate of drug-likeness (QED) is 0.783. The van der Waals surface area contributed by atoms with Gasteiger partial charge in [-0.15, -0.1) is 0 Å². The Bertz CT molecular complexity index is 543. The molecule has 0 unspecified atom stereocenters. The molecule has 2 aliphatic heterocycles. The van der Waals surface area contributed by atoms with Crippen LogP contribution in [0, 0.1) is 0 Å². The van der Waals surface area contributed by atoms with Gasteiger partial charge < -0.3 is 14.6 Å². The molecule has 0 aromatic heterocycles. The van der Waals surface area contributed by atoms with Crippen LogP contribution in [0.15, 0.2) is 35.2 Å². The first-order valence-electron chi connectivity index (χ1n) is 5.97. The van der Waals surface area contributed by atoms with E-state index in [9.17, 15) is 13.5 Å². The molecular formula is C12H14O6S. The van der Waals surface area contributed by atoms with E-state index in [0.29, 0.717) is 0 Å². The van der Waals surface area contributed by atoms with Crippen LogP contribution >= 0.6 is 0 Å². The van der Waals surface area contributed by atoms with Crippen molar-refractivity contribution in [2.45, 2.75) is 29.3 Å². The molecule has 4 atom stereocenters. The Morgan fingerprint density at radius 3 is 2.53 bits per heavy atom. The lowest BCUT2D eigenvalue weighted by atomic mass is 10.1. The Balaban J connectivity index is 1.76. The normalized spacial score (nSPS) is 34.4. The zero-order valence-corrected chi connectivity index (χ0v) is 10.8. The van der Waals surface area contributed by atoms with Gasteiger partial charge in [0.1, 0.15) is 24.4 Å². The van der Waals surface area contributed by atoms with Crippen LogP contribution in [0.25, 0.3) is 0 Å². The SMILES string of the molecule is O=S(=O)(O[C@H]1CO[C@H]2[C@H]1OC[C@H]2O)c1ccccc1. The van der Waals surface area contributed by atoms with Crippen molar-refractivity contribution >= 4 is 10.1 Å². The van der Waals surface area contributed by atoms with E-state index in [1.54, 1.807) is 18.2 Å². The molecule has 2 aliphatic rings. The van der Waals surface area contributed by atoms with E-state index in [-0.39, 0.29) is 18.1 Å². The number of ether oxygens (including phenoxy) is 2. The molecule has 0 amide bonds. The fourth-order valence-electron chi connectivity index (χ4n) is 2.33. The Morgan fingerprint density at radius 2 is 1.79 bits per heavy atom. The largest absolute Gasteiger partial charge is 0.388 e. The third-order valence-electron chi connectivity index (χ3n) is 3.26. The van der Waals surface area contributed by atoms with Gasteiger partial charge >= 0.3 is 0 Å². The van der Waals surface area contributed by atoms with Gasteiger partial charge in [0, 0.05) is 0 Å². The molecule has 7 heteroatoms. The van der Waals surface area contributed by atoms with E-state index in [1.165, 1.54) is 12.1 Å². The maximum absolute atomic E-state index is 12.1. The van der Waals surface area contributed by atoms with Crippen molar-refractivity contribution in [3.8, 4) is 0 Å². The van der Waals surface area contributed by atoms with E-state index < -0.39 is 34.5 Å². The molecule has 2 saturated heterocycles. The Labute approximate surface area is 111 Å². The highest BCUT2D eigenvalue weighted by Gasteiger charge is 2.49. The van der Waals surface area contributed by atoms with Crippen molar-refractivity contribution in [3.05, 3.63) is 30.3 Å².